The van der Waals surface area contributed by atoms with Crippen LogP contribution in [-0.4, -0.2) is 41.6 Å². The molecule has 0 bridgehead atoms. The van der Waals surface area contributed by atoms with Crippen LogP contribution < -0.4 is 4.74 Å². The van der Waals surface area contributed by atoms with Crippen LogP contribution in [0.3, 0.4) is 0 Å². The Morgan fingerprint density at radius 3 is 2.69 bits per heavy atom. The fourth-order valence-electron chi connectivity index (χ4n) is 3.08. The van der Waals surface area contributed by atoms with Gasteiger partial charge in [0.15, 0.2) is 6.61 Å². The van der Waals surface area contributed by atoms with E-state index in [1.807, 2.05) is 37.3 Å². The lowest BCUT2D eigenvalue weighted by Gasteiger charge is -2.16. The number of aliphatic imine (C=N–C) groups is 1. The maximum atomic E-state index is 13.1. The number of ether oxygens (including phenoxy) is 1. The van der Waals surface area contributed by atoms with Crippen molar-refractivity contribution >= 4 is 17.7 Å². The highest BCUT2D eigenvalue weighted by atomic mass is 19.3. The van der Waals surface area contributed by atoms with Crippen molar-refractivity contribution in [3.63, 3.8) is 0 Å². The van der Waals surface area contributed by atoms with Crippen molar-refractivity contribution < 1.29 is 18.3 Å². The molecule has 152 valence electrons. The molecule has 1 aromatic heterocycles. The summed E-state index contributed by atoms with van der Waals surface area (Å²) >= 11 is 0. The highest BCUT2D eigenvalue weighted by Gasteiger charge is 2.33. The standard InChI is InChI=1S/C22H23F2N3O2/c1-15(8-10-25-3)17-6-4-16(5-7-17)12-27-13-18-9-11-26-20(19(18)21(27)28)29-14-22(2,23)24/h4-11H,12-14H2,1-3H3/b15-8+,25-10-. The Labute approximate surface area is 168 Å². The van der Waals surface area contributed by atoms with Gasteiger partial charge in [0, 0.05) is 39.5 Å². The van der Waals surface area contributed by atoms with Crippen LogP contribution in [0.15, 0.2) is 47.6 Å². The Balaban J connectivity index is 1.72. The summed E-state index contributed by atoms with van der Waals surface area (Å²) < 4.78 is 31.4. The molecule has 3 rings (SSSR count). The fourth-order valence-corrected chi connectivity index (χ4v) is 3.08. The predicted molar refractivity (Wildman–Crippen MR) is 108 cm³/mol. The molecule has 7 heteroatoms. The van der Waals surface area contributed by atoms with Crippen LogP contribution in [0.1, 0.15) is 40.9 Å². The van der Waals surface area contributed by atoms with Gasteiger partial charge in [-0.05, 0) is 41.3 Å². The van der Waals surface area contributed by atoms with E-state index in [0.29, 0.717) is 13.1 Å². The number of rotatable bonds is 7. The maximum Gasteiger partial charge on any atom is 0.278 e. The number of hydrogen-bond acceptors (Lipinski definition) is 4. The molecule has 2 heterocycles. The lowest BCUT2D eigenvalue weighted by atomic mass is 10.1. The molecule has 0 unspecified atom stereocenters. The summed E-state index contributed by atoms with van der Waals surface area (Å²) in [6, 6.07) is 9.66. The van der Waals surface area contributed by atoms with Gasteiger partial charge in [0.25, 0.3) is 11.8 Å². The van der Waals surface area contributed by atoms with E-state index in [4.69, 9.17) is 4.74 Å². The first kappa shape index (κ1) is 20.6. The average Bonchev–Trinajstić information content (AvgIpc) is 3.00. The van der Waals surface area contributed by atoms with E-state index >= 15 is 0 Å². The molecule has 0 aliphatic carbocycles. The van der Waals surface area contributed by atoms with E-state index < -0.39 is 12.5 Å². The second-order valence-electron chi connectivity index (χ2n) is 7.12. The number of allylic oxidation sites excluding steroid dienone is 2. The van der Waals surface area contributed by atoms with Crippen molar-refractivity contribution in [3.05, 3.63) is 64.9 Å². The molecule has 1 amide bonds. The molecule has 0 N–H and O–H groups in total. The third kappa shape index (κ3) is 5.04. The van der Waals surface area contributed by atoms with E-state index in [1.165, 1.54) is 6.20 Å². The van der Waals surface area contributed by atoms with Crippen LogP contribution in [-0.2, 0) is 13.1 Å². The number of amides is 1. The molecule has 29 heavy (non-hydrogen) atoms. The molecule has 0 radical (unpaired) electrons. The van der Waals surface area contributed by atoms with Crippen LogP contribution in [0.2, 0.25) is 0 Å². The second kappa shape index (κ2) is 8.51. The van der Waals surface area contributed by atoms with Crippen LogP contribution >= 0.6 is 0 Å². The molecule has 0 saturated heterocycles. The van der Waals surface area contributed by atoms with Crippen molar-refractivity contribution in [3.8, 4) is 5.88 Å². The molecule has 2 aromatic rings. The van der Waals surface area contributed by atoms with E-state index in [-0.39, 0.29) is 17.4 Å². The van der Waals surface area contributed by atoms with Gasteiger partial charge in [-0.2, -0.15) is 0 Å². The quantitative estimate of drug-likeness (QED) is 0.650. The Hall–Kier alpha value is -3.09. The van der Waals surface area contributed by atoms with Crippen molar-refractivity contribution in [1.29, 1.82) is 0 Å². The van der Waals surface area contributed by atoms with Crippen LogP contribution in [0, 0.1) is 0 Å². The van der Waals surface area contributed by atoms with Gasteiger partial charge in [0.05, 0.1) is 0 Å². The highest BCUT2D eigenvalue weighted by Crippen LogP contribution is 2.31. The Morgan fingerprint density at radius 2 is 2.03 bits per heavy atom. The summed E-state index contributed by atoms with van der Waals surface area (Å²) in [7, 11) is 1.72. The Morgan fingerprint density at radius 1 is 1.31 bits per heavy atom. The first-order valence-corrected chi connectivity index (χ1v) is 9.24. The number of alkyl halides is 2. The number of carbonyl (C=O) groups excluding carboxylic acids is 1. The summed E-state index contributed by atoms with van der Waals surface area (Å²) in [6.07, 6.45) is 5.15. The summed E-state index contributed by atoms with van der Waals surface area (Å²) in [6.45, 7) is 2.76. The third-order valence-corrected chi connectivity index (χ3v) is 4.58. The monoisotopic (exact) mass is 399 g/mol. The molecule has 0 atom stereocenters. The van der Waals surface area contributed by atoms with Crippen LogP contribution in [0.25, 0.3) is 5.57 Å². The average molecular weight is 399 g/mol. The van der Waals surface area contributed by atoms with Crippen molar-refractivity contribution in [2.24, 2.45) is 4.99 Å². The van der Waals surface area contributed by atoms with E-state index in [9.17, 15) is 13.6 Å². The van der Waals surface area contributed by atoms with Crippen molar-refractivity contribution in [2.45, 2.75) is 32.9 Å². The molecule has 1 aliphatic rings. The highest BCUT2D eigenvalue weighted by molar-refractivity contribution is 6.00. The van der Waals surface area contributed by atoms with Crippen molar-refractivity contribution in [1.82, 2.24) is 9.88 Å². The molecule has 5 nitrogen and oxygen atoms in total. The number of carbonyl (C=O) groups is 1. The van der Waals surface area contributed by atoms with Gasteiger partial charge in [-0.15, -0.1) is 0 Å². The van der Waals surface area contributed by atoms with Gasteiger partial charge < -0.3 is 9.64 Å². The SMILES string of the molecule is C/N=C\C=C(/C)c1ccc(CN2Cc3ccnc(OCC(C)(F)F)c3C2=O)cc1. The van der Waals surface area contributed by atoms with E-state index in [2.05, 4.69) is 9.98 Å². The fraction of sp³-hybridized carbons (Fsp3) is 0.318. The van der Waals surface area contributed by atoms with E-state index in [1.54, 1.807) is 24.2 Å². The zero-order valence-electron chi connectivity index (χ0n) is 16.7. The normalized spacial score (nSPS) is 14.6. The largest absolute Gasteiger partial charge is 0.471 e. The predicted octanol–water partition coefficient (Wildman–Crippen LogP) is 4.38. The minimum Gasteiger partial charge on any atom is -0.471 e. The molecule has 0 saturated carbocycles. The maximum absolute atomic E-state index is 13.1. The zero-order valence-corrected chi connectivity index (χ0v) is 16.7. The molecule has 0 spiro atoms. The topological polar surface area (TPSA) is 54.8 Å². The Kier molecular flexibility index (Phi) is 6.06. The number of halogens is 2. The molecular weight excluding hydrogens is 376 g/mol. The molecule has 1 aliphatic heterocycles. The number of hydrogen-bond donors (Lipinski definition) is 0. The Bertz CT molecular complexity index is 948. The summed E-state index contributed by atoms with van der Waals surface area (Å²) in [5.41, 5.74) is 4.14. The zero-order chi connectivity index (χ0) is 21.0. The number of nitrogens with zero attached hydrogens (tertiary/aromatic N) is 3. The van der Waals surface area contributed by atoms with Gasteiger partial charge in [-0.1, -0.05) is 24.3 Å². The van der Waals surface area contributed by atoms with Gasteiger partial charge in [-0.3, -0.25) is 9.79 Å². The van der Waals surface area contributed by atoms with Crippen molar-refractivity contribution in [2.75, 3.05) is 13.7 Å². The smallest absolute Gasteiger partial charge is 0.278 e. The molecule has 1 aromatic carbocycles. The van der Waals surface area contributed by atoms with Gasteiger partial charge in [-0.25, -0.2) is 13.8 Å². The number of pyridine rings is 1. The molecule has 0 fully saturated rings. The number of aromatic nitrogens is 1. The lowest BCUT2D eigenvalue weighted by Crippen LogP contribution is -2.25. The molecular formula is C22H23F2N3O2. The lowest BCUT2D eigenvalue weighted by molar-refractivity contribution is -0.0245. The first-order valence-electron chi connectivity index (χ1n) is 9.24. The summed E-state index contributed by atoms with van der Waals surface area (Å²) in [4.78, 5) is 22.4. The van der Waals surface area contributed by atoms with Crippen LogP contribution in [0.5, 0.6) is 5.88 Å². The number of benzene rings is 1. The second-order valence-corrected chi connectivity index (χ2v) is 7.12. The van der Waals surface area contributed by atoms with Gasteiger partial charge in [0.2, 0.25) is 5.88 Å². The first-order chi connectivity index (χ1) is 13.8. The minimum atomic E-state index is -3.00. The third-order valence-electron chi connectivity index (χ3n) is 4.58. The van der Waals surface area contributed by atoms with E-state index in [0.717, 1.165) is 29.2 Å². The van der Waals surface area contributed by atoms with Gasteiger partial charge in [0.1, 0.15) is 5.56 Å². The summed E-state index contributed by atoms with van der Waals surface area (Å²) in [5, 5.41) is 0. The number of fused-ring (bicyclic) bond motifs is 1. The van der Waals surface area contributed by atoms with Crippen LogP contribution in [0.4, 0.5) is 8.78 Å². The summed E-state index contributed by atoms with van der Waals surface area (Å²) in [5.74, 6) is -3.30. The van der Waals surface area contributed by atoms with Gasteiger partial charge >= 0.3 is 0 Å². The minimum absolute atomic E-state index is 0.0368.